The lowest BCUT2D eigenvalue weighted by Gasteiger charge is -2.28. The minimum absolute atomic E-state index is 0.247. The van der Waals surface area contributed by atoms with E-state index in [4.69, 9.17) is 27.9 Å². The van der Waals surface area contributed by atoms with Gasteiger partial charge in [-0.3, -0.25) is 4.79 Å². The molecule has 1 amide bonds. The predicted octanol–water partition coefficient (Wildman–Crippen LogP) is 3.53. The Kier molecular flexibility index (Phi) is 5.04. The number of ether oxygens (including phenoxy) is 1. The molecule has 1 fully saturated rings. The zero-order valence-electron chi connectivity index (χ0n) is 13.2. The molecule has 5 nitrogen and oxygen atoms in total. The summed E-state index contributed by atoms with van der Waals surface area (Å²) >= 11 is 12.1. The largest absolute Gasteiger partial charge is 0.368 e. The van der Waals surface area contributed by atoms with Crippen LogP contribution < -0.4 is 5.32 Å². The molecule has 1 unspecified atom stereocenters. The number of hydrogen-bond donors (Lipinski definition) is 1. The Labute approximate surface area is 150 Å². The van der Waals surface area contributed by atoms with Gasteiger partial charge in [0.1, 0.15) is 11.4 Å². The van der Waals surface area contributed by atoms with Gasteiger partial charge >= 0.3 is 0 Å². The van der Waals surface area contributed by atoms with Crippen molar-refractivity contribution in [2.75, 3.05) is 13.2 Å². The summed E-state index contributed by atoms with van der Waals surface area (Å²) in [7, 11) is 0. The monoisotopic (exact) mass is 365 g/mol. The Morgan fingerprint density at radius 3 is 2.75 bits per heavy atom. The first-order valence-electron chi connectivity index (χ1n) is 7.67. The maximum atomic E-state index is 12.5. The first-order valence-corrected chi connectivity index (χ1v) is 8.43. The van der Waals surface area contributed by atoms with Crippen molar-refractivity contribution in [2.24, 2.45) is 0 Å². The van der Waals surface area contributed by atoms with Gasteiger partial charge < -0.3 is 10.1 Å². The number of halogens is 2. The number of aromatic nitrogens is 2. The summed E-state index contributed by atoms with van der Waals surface area (Å²) in [6.45, 7) is 2.79. The SMILES string of the molecule is Cc1ncc(C2(CNC(=O)c3cccc(Cl)c3Cl)CCCO2)cn1. The molecule has 3 rings (SSSR count). The number of carbonyl (C=O) groups is 1. The molecule has 126 valence electrons. The number of hydrogen-bond acceptors (Lipinski definition) is 4. The summed E-state index contributed by atoms with van der Waals surface area (Å²) in [4.78, 5) is 20.9. The number of nitrogens with zero attached hydrogens (tertiary/aromatic N) is 2. The van der Waals surface area contributed by atoms with Crippen LogP contribution in [0.1, 0.15) is 34.6 Å². The molecule has 2 heterocycles. The highest BCUT2D eigenvalue weighted by Gasteiger charge is 2.38. The molecule has 2 aromatic rings. The van der Waals surface area contributed by atoms with Crippen molar-refractivity contribution in [3.8, 4) is 0 Å². The minimum Gasteiger partial charge on any atom is -0.368 e. The number of benzene rings is 1. The van der Waals surface area contributed by atoms with Gasteiger partial charge in [0.15, 0.2) is 0 Å². The van der Waals surface area contributed by atoms with Gasteiger partial charge in [0.05, 0.1) is 22.2 Å². The van der Waals surface area contributed by atoms with E-state index in [-0.39, 0.29) is 10.9 Å². The van der Waals surface area contributed by atoms with Gasteiger partial charge in [0.2, 0.25) is 0 Å². The maximum Gasteiger partial charge on any atom is 0.252 e. The molecular weight excluding hydrogens is 349 g/mol. The van der Waals surface area contributed by atoms with Crippen LogP contribution in [0.2, 0.25) is 10.0 Å². The van der Waals surface area contributed by atoms with E-state index < -0.39 is 5.60 Å². The molecule has 1 aliphatic heterocycles. The lowest BCUT2D eigenvalue weighted by atomic mass is 9.93. The minimum atomic E-state index is -0.603. The quantitative estimate of drug-likeness (QED) is 0.899. The molecule has 0 aliphatic carbocycles. The average Bonchev–Trinajstić information content (AvgIpc) is 3.06. The fourth-order valence-electron chi connectivity index (χ4n) is 2.79. The van der Waals surface area contributed by atoms with Gasteiger partial charge in [-0.05, 0) is 31.9 Å². The number of nitrogens with one attached hydrogen (secondary N) is 1. The summed E-state index contributed by atoms with van der Waals surface area (Å²) in [5, 5.41) is 3.50. The first kappa shape index (κ1) is 17.1. The van der Waals surface area contributed by atoms with Crippen molar-refractivity contribution in [1.29, 1.82) is 0 Å². The van der Waals surface area contributed by atoms with Crippen molar-refractivity contribution in [3.63, 3.8) is 0 Å². The first-order chi connectivity index (χ1) is 11.5. The van der Waals surface area contributed by atoms with E-state index in [1.807, 2.05) is 6.92 Å². The smallest absolute Gasteiger partial charge is 0.252 e. The summed E-state index contributed by atoms with van der Waals surface area (Å²) in [6, 6.07) is 4.98. The molecule has 24 heavy (non-hydrogen) atoms. The molecule has 1 saturated heterocycles. The van der Waals surface area contributed by atoms with Crippen LogP contribution in [0.25, 0.3) is 0 Å². The Bertz CT molecular complexity index is 744. The van der Waals surface area contributed by atoms with Gasteiger partial charge in [-0.25, -0.2) is 9.97 Å². The standard InChI is InChI=1S/C17H17Cl2N3O2/c1-11-20-8-12(9-21-11)17(6-3-7-24-17)10-22-16(23)13-4-2-5-14(18)15(13)19/h2,4-5,8-9H,3,6-7,10H2,1H3,(H,22,23). The fraction of sp³-hybridized carbons (Fsp3) is 0.353. The van der Waals surface area contributed by atoms with Crippen LogP contribution in [0.15, 0.2) is 30.6 Å². The highest BCUT2D eigenvalue weighted by molar-refractivity contribution is 6.43. The second-order valence-corrected chi connectivity index (χ2v) is 6.53. The number of amides is 1. The van der Waals surface area contributed by atoms with Crippen LogP contribution in [0.4, 0.5) is 0 Å². The average molecular weight is 366 g/mol. The zero-order chi connectivity index (χ0) is 17.2. The second kappa shape index (κ2) is 7.05. The Morgan fingerprint density at radius 2 is 2.08 bits per heavy atom. The number of rotatable bonds is 4. The van der Waals surface area contributed by atoms with Crippen molar-refractivity contribution >= 4 is 29.1 Å². The summed E-state index contributed by atoms with van der Waals surface area (Å²) in [5.74, 6) is 0.409. The third-order valence-electron chi connectivity index (χ3n) is 4.14. The maximum absolute atomic E-state index is 12.5. The molecule has 1 N–H and O–H groups in total. The third-order valence-corrected chi connectivity index (χ3v) is 4.96. The third kappa shape index (κ3) is 3.38. The van der Waals surface area contributed by atoms with Gasteiger partial charge in [-0.1, -0.05) is 29.3 Å². The summed E-state index contributed by atoms with van der Waals surface area (Å²) in [5.41, 5.74) is 0.606. The van der Waals surface area contributed by atoms with Gasteiger partial charge in [0.25, 0.3) is 5.91 Å². The lowest BCUT2D eigenvalue weighted by molar-refractivity contribution is 0.000788. The summed E-state index contributed by atoms with van der Waals surface area (Å²) in [6.07, 6.45) is 5.23. The Balaban J connectivity index is 1.78. The van der Waals surface area contributed by atoms with Crippen LogP contribution in [0, 0.1) is 6.92 Å². The van der Waals surface area contributed by atoms with E-state index >= 15 is 0 Å². The van der Waals surface area contributed by atoms with Gasteiger partial charge in [-0.15, -0.1) is 0 Å². The van der Waals surface area contributed by atoms with Crippen LogP contribution in [0.3, 0.4) is 0 Å². The molecule has 0 spiro atoms. The van der Waals surface area contributed by atoms with E-state index in [9.17, 15) is 4.79 Å². The van der Waals surface area contributed by atoms with E-state index in [1.54, 1.807) is 30.6 Å². The van der Waals surface area contributed by atoms with Crippen molar-refractivity contribution < 1.29 is 9.53 Å². The molecule has 1 aromatic carbocycles. The van der Waals surface area contributed by atoms with Gasteiger partial charge in [0, 0.05) is 24.6 Å². The van der Waals surface area contributed by atoms with Crippen molar-refractivity contribution in [3.05, 3.63) is 57.6 Å². The van der Waals surface area contributed by atoms with Crippen molar-refractivity contribution in [1.82, 2.24) is 15.3 Å². The number of aryl methyl sites for hydroxylation is 1. The van der Waals surface area contributed by atoms with E-state index in [1.165, 1.54) is 0 Å². The molecule has 1 aliphatic rings. The normalized spacial score (nSPS) is 20.1. The molecule has 1 aromatic heterocycles. The second-order valence-electron chi connectivity index (χ2n) is 5.75. The highest BCUT2D eigenvalue weighted by Crippen LogP contribution is 2.35. The predicted molar refractivity (Wildman–Crippen MR) is 92.4 cm³/mol. The molecular formula is C17H17Cl2N3O2. The molecule has 7 heteroatoms. The molecule has 0 bridgehead atoms. The molecule has 0 saturated carbocycles. The Hall–Kier alpha value is -1.69. The van der Waals surface area contributed by atoms with E-state index in [0.29, 0.717) is 29.6 Å². The summed E-state index contributed by atoms with van der Waals surface area (Å²) < 4.78 is 5.95. The number of carbonyl (C=O) groups excluding carboxylic acids is 1. The lowest BCUT2D eigenvalue weighted by Crippen LogP contribution is -2.40. The van der Waals surface area contributed by atoms with Crippen LogP contribution in [-0.2, 0) is 10.3 Å². The Morgan fingerprint density at radius 1 is 1.33 bits per heavy atom. The van der Waals surface area contributed by atoms with Crippen molar-refractivity contribution in [2.45, 2.75) is 25.4 Å². The topological polar surface area (TPSA) is 64.1 Å². The molecule has 1 atom stereocenters. The zero-order valence-corrected chi connectivity index (χ0v) is 14.7. The fourth-order valence-corrected chi connectivity index (χ4v) is 3.18. The van der Waals surface area contributed by atoms with Gasteiger partial charge in [-0.2, -0.15) is 0 Å². The van der Waals surface area contributed by atoms with Crippen LogP contribution in [0.5, 0.6) is 0 Å². The molecule has 0 radical (unpaired) electrons. The van der Waals surface area contributed by atoms with Crippen LogP contribution >= 0.6 is 23.2 Å². The highest BCUT2D eigenvalue weighted by atomic mass is 35.5. The van der Waals surface area contributed by atoms with Crippen LogP contribution in [-0.4, -0.2) is 29.0 Å². The van der Waals surface area contributed by atoms with E-state index in [2.05, 4.69) is 15.3 Å². The van der Waals surface area contributed by atoms with E-state index in [0.717, 1.165) is 18.4 Å².